The van der Waals surface area contributed by atoms with E-state index in [4.69, 9.17) is 0 Å². The van der Waals surface area contributed by atoms with Gasteiger partial charge in [0, 0.05) is 45.2 Å². The monoisotopic (exact) mass is 952 g/mol. The van der Waals surface area contributed by atoms with Crippen LogP contribution >= 0.6 is 0 Å². The summed E-state index contributed by atoms with van der Waals surface area (Å²) < 4.78 is 0. The zero-order valence-electron chi connectivity index (χ0n) is 44.6. The molecule has 2 unspecified atom stereocenters. The Morgan fingerprint density at radius 1 is 0.514 bits per heavy atom. The van der Waals surface area contributed by atoms with Crippen molar-refractivity contribution in [3.05, 3.63) is 162 Å². The number of anilines is 8. The van der Waals surface area contributed by atoms with Crippen molar-refractivity contribution in [2.75, 3.05) is 14.7 Å². The second-order valence-corrected chi connectivity index (χ2v) is 36.1. The Kier molecular flexibility index (Phi) is 10.7. The smallest absolute Gasteiger partial charge is 0.252 e. The van der Waals surface area contributed by atoms with Gasteiger partial charge in [0.2, 0.25) is 0 Å². The summed E-state index contributed by atoms with van der Waals surface area (Å²) in [5.41, 5.74) is 21.0. The molecule has 3 aliphatic heterocycles. The first-order valence-corrected chi connectivity index (χ1v) is 33.3. The van der Waals surface area contributed by atoms with Crippen molar-refractivity contribution in [2.24, 2.45) is 0 Å². The van der Waals surface area contributed by atoms with Crippen LogP contribution < -0.4 is 41.5 Å². The fourth-order valence-corrected chi connectivity index (χ4v) is 15.1. The third-order valence-corrected chi connectivity index (χ3v) is 21.3. The van der Waals surface area contributed by atoms with E-state index in [9.17, 15) is 0 Å². The van der Waals surface area contributed by atoms with Gasteiger partial charge in [-0.05, 0) is 135 Å². The van der Waals surface area contributed by atoms with Gasteiger partial charge in [0.05, 0.1) is 27.4 Å². The molecule has 0 radical (unpaired) electrons. The molecular formula is C64H74BN3Si2. The third kappa shape index (κ3) is 7.32. The van der Waals surface area contributed by atoms with Crippen LogP contribution in [0.1, 0.15) is 97.8 Å². The van der Waals surface area contributed by atoms with Crippen molar-refractivity contribution in [3.8, 4) is 11.1 Å². The lowest BCUT2D eigenvalue weighted by Gasteiger charge is -2.53. The van der Waals surface area contributed by atoms with Gasteiger partial charge in [0.1, 0.15) is 0 Å². The van der Waals surface area contributed by atoms with E-state index in [1.165, 1.54) is 119 Å². The van der Waals surface area contributed by atoms with Crippen molar-refractivity contribution in [1.29, 1.82) is 0 Å². The maximum Gasteiger partial charge on any atom is 0.252 e. The van der Waals surface area contributed by atoms with E-state index in [1.54, 1.807) is 0 Å². The SMILES string of the molecule is CC(C)(C)c1cccc(N2c3cc(C(C)(C)C)ccc3B3c4cc(-c5ccccc5)cc5c4N(c4cc(N(c6ccc([Si](C)(C)C)cc6)c6ccc([Si](C)(C)C)cc6)cc2c43)C2(C)CCCCC52C)c1. The van der Waals surface area contributed by atoms with Crippen LogP contribution in [-0.4, -0.2) is 28.4 Å². The molecule has 1 aliphatic carbocycles. The highest BCUT2D eigenvalue weighted by molar-refractivity contribution is 7.00. The van der Waals surface area contributed by atoms with Gasteiger partial charge in [0.25, 0.3) is 6.71 Å². The maximum absolute atomic E-state index is 2.91. The molecule has 6 heteroatoms. The number of fused-ring (bicyclic) bond motifs is 7. The number of hydrogen-bond acceptors (Lipinski definition) is 3. The summed E-state index contributed by atoms with van der Waals surface area (Å²) in [5.74, 6) is 0. The summed E-state index contributed by atoms with van der Waals surface area (Å²) >= 11 is 0. The predicted molar refractivity (Wildman–Crippen MR) is 312 cm³/mol. The van der Waals surface area contributed by atoms with E-state index < -0.39 is 16.1 Å². The highest BCUT2D eigenvalue weighted by Gasteiger charge is 2.61. The Morgan fingerprint density at radius 3 is 1.70 bits per heavy atom. The van der Waals surface area contributed by atoms with E-state index in [-0.39, 0.29) is 28.5 Å². The van der Waals surface area contributed by atoms with Crippen LogP contribution in [0.4, 0.5) is 45.5 Å². The van der Waals surface area contributed by atoms with Gasteiger partial charge in [0.15, 0.2) is 0 Å². The molecule has 7 aromatic rings. The Hall–Kier alpha value is -5.56. The summed E-state index contributed by atoms with van der Waals surface area (Å²) in [6, 6.07) is 57.8. The van der Waals surface area contributed by atoms with Crippen molar-refractivity contribution in [1.82, 2.24) is 0 Å². The lowest BCUT2D eigenvalue weighted by molar-refractivity contribution is 0.195. The van der Waals surface area contributed by atoms with Gasteiger partial charge in [-0.1, -0.05) is 196 Å². The molecule has 356 valence electrons. The zero-order valence-corrected chi connectivity index (χ0v) is 46.6. The van der Waals surface area contributed by atoms with Gasteiger partial charge in [-0.2, -0.15) is 0 Å². The van der Waals surface area contributed by atoms with Gasteiger partial charge in [-0.3, -0.25) is 0 Å². The summed E-state index contributed by atoms with van der Waals surface area (Å²) in [7, 11) is -3.11. The summed E-state index contributed by atoms with van der Waals surface area (Å²) in [5, 5.41) is 2.95. The van der Waals surface area contributed by atoms with Crippen LogP contribution in [0.5, 0.6) is 0 Å². The first-order chi connectivity index (χ1) is 33.0. The summed E-state index contributed by atoms with van der Waals surface area (Å²) in [4.78, 5) is 8.15. The van der Waals surface area contributed by atoms with E-state index in [0.29, 0.717) is 0 Å². The fraction of sp³-hybridized carbons (Fsp3) is 0.344. The second-order valence-electron chi connectivity index (χ2n) is 25.9. The van der Waals surface area contributed by atoms with Crippen molar-refractivity contribution in [3.63, 3.8) is 0 Å². The fourth-order valence-electron chi connectivity index (χ4n) is 12.8. The molecule has 0 amide bonds. The van der Waals surface area contributed by atoms with Crippen LogP contribution in [0.2, 0.25) is 39.3 Å². The van der Waals surface area contributed by atoms with E-state index in [2.05, 4.69) is 255 Å². The van der Waals surface area contributed by atoms with Crippen molar-refractivity contribution in [2.45, 2.75) is 142 Å². The van der Waals surface area contributed by atoms with Crippen molar-refractivity contribution >= 4 is 95.1 Å². The Labute approximate surface area is 423 Å². The molecule has 11 rings (SSSR count). The van der Waals surface area contributed by atoms with E-state index in [0.717, 1.165) is 6.42 Å². The zero-order chi connectivity index (χ0) is 49.5. The predicted octanol–water partition coefficient (Wildman–Crippen LogP) is 14.9. The number of nitrogens with zero attached hydrogens (tertiary/aromatic N) is 3. The summed E-state index contributed by atoms with van der Waals surface area (Å²) in [6.07, 6.45) is 4.79. The highest BCUT2D eigenvalue weighted by Crippen LogP contribution is 2.63. The van der Waals surface area contributed by atoms with Crippen LogP contribution in [-0.2, 0) is 16.2 Å². The van der Waals surface area contributed by atoms with Gasteiger partial charge < -0.3 is 14.7 Å². The quantitative estimate of drug-likeness (QED) is 0.147. The largest absolute Gasteiger partial charge is 0.335 e. The molecule has 0 aromatic heterocycles. The standard InChI is InChI=1S/C64H74BN3Si2/c1-61(2,3)45-23-20-24-49(39-45)67-56-40-46(62(4,5)6)25-34-54(56)65-55-38-44(43-21-16-15-17-22-43)37-53-60(55)68(64(8)36-19-18-35-63(53,64)7)58-42-50(41-57(67)59(58)65)66(47-26-30-51(31-27-47)69(9,10)11)48-28-32-52(33-29-48)70(12,13)14/h15-17,20-34,37-42H,18-19,35-36H2,1-14H3. The molecule has 4 aliphatic rings. The van der Waals surface area contributed by atoms with Gasteiger partial charge >= 0.3 is 0 Å². The molecule has 0 N–H and O–H groups in total. The maximum atomic E-state index is 2.91. The Bertz CT molecular complexity index is 3130. The van der Waals surface area contributed by atoms with E-state index >= 15 is 0 Å². The Balaban J connectivity index is 1.28. The third-order valence-electron chi connectivity index (χ3n) is 17.2. The number of hydrogen-bond donors (Lipinski definition) is 0. The molecule has 1 fully saturated rings. The minimum Gasteiger partial charge on any atom is -0.335 e. The molecule has 3 nitrogen and oxygen atoms in total. The molecule has 3 heterocycles. The average molecular weight is 952 g/mol. The molecule has 0 bridgehead atoms. The highest BCUT2D eigenvalue weighted by atomic mass is 28.3. The number of rotatable bonds is 7. The molecule has 70 heavy (non-hydrogen) atoms. The molecule has 0 saturated heterocycles. The second kappa shape index (κ2) is 16.0. The van der Waals surface area contributed by atoms with E-state index in [1.807, 2.05) is 0 Å². The average Bonchev–Trinajstić information content (AvgIpc) is 3.52. The molecule has 1 saturated carbocycles. The topological polar surface area (TPSA) is 9.72 Å². The van der Waals surface area contributed by atoms with Gasteiger partial charge in [-0.25, -0.2) is 0 Å². The van der Waals surface area contributed by atoms with Crippen LogP contribution in [0, 0.1) is 0 Å². The van der Waals surface area contributed by atoms with Crippen LogP contribution in [0.25, 0.3) is 11.1 Å². The molecule has 2 atom stereocenters. The van der Waals surface area contributed by atoms with Crippen LogP contribution in [0.15, 0.2) is 146 Å². The molecular weight excluding hydrogens is 878 g/mol. The minimum atomic E-state index is -1.56. The first kappa shape index (κ1) is 46.8. The van der Waals surface area contributed by atoms with Gasteiger partial charge in [-0.15, -0.1) is 0 Å². The minimum absolute atomic E-state index is 0.0224. The normalized spacial score (nSPS) is 19.4. The molecule has 0 spiro atoms. The number of benzene rings is 7. The Morgan fingerprint density at radius 2 is 1.10 bits per heavy atom. The lowest BCUT2D eigenvalue weighted by atomic mass is 9.33. The summed E-state index contributed by atoms with van der Waals surface area (Å²) in [6.45, 7) is 34.1. The first-order valence-electron chi connectivity index (χ1n) is 26.3. The van der Waals surface area contributed by atoms with Crippen molar-refractivity contribution < 1.29 is 0 Å². The molecule has 7 aromatic carbocycles. The lowest BCUT2D eigenvalue weighted by Crippen LogP contribution is -2.64. The van der Waals surface area contributed by atoms with Crippen LogP contribution in [0.3, 0.4) is 0 Å².